The van der Waals surface area contributed by atoms with E-state index in [1.165, 1.54) is 30.6 Å². The lowest BCUT2D eigenvalue weighted by atomic mass is 10.00. The number of esters is 1. The molecule has 3 atom stereocenters. The van der Waals surface area contributed by atoms with Gasteiger partial charge in [0.25, 0.3) is 0 Å². The number of nitrogens with zero attached hydrogens (tertiary/aromatic N) is 3. The fraction of sp³-hybridized carbons (Fsp3) is 0.433. The molecular weight excluding hydrogens is 603 g/mol. The molecule has 0 spiro atoms. The highest BCUT2D eigenvalue weighted by atomic mass is 32.1. The third-order valence-electron chi connectivity index (χ3n) is 8.27. The molecule has 2 aliphatic heterocycles. The van der Waals surface area contributed by atoms with Crippen molar-refractivity contribution in [3.05, 3.63) is 58.0 Å². The number of para-hydroxylation sites is 1. The first kappa shape index (κ1) is 28.4. The number of hydrogen-bond acceptors (Lipinski definition) is 10. The molecule has 1 unspecified atom stereocenters. The van der Waals surface area contributed by atoms with Crippen LogP contribution in [0.4, 0.5) is 18.3 Å². The van der Waals surface area contributed by atoms with Crippen LogP contribution in [0.15, 0.2) is 45.6 Å². The number of rotatable bonds is 9. The summed E-state index contributed by atoms with van der Waals surface area (Å²) in [4.78, 5) is 20.1. The Balaban J connectivity index is 1.06. The summed E-state index contributed by atoms with van der Waals surface area (Å²) in [5.41, 5.74) is 2.63. The second-order valence-electron chi connectivity index (χ2n) is 11.1. The predicted molar refractivity (Wildman–Crippen MR) is 154 cm³/mol. The zero-order chi connectivity index (χ0) is 29.7. The van der Waals surface area contributed by atoms with Gasteiger partial charge in [-0.05, 0) is 56.7 Å². The van der Waals surface area contributed by atoms with Gasteiger partial charge in [0.2, 0.25) is 0 Å². The molecule has 3 fully saturated rings. The average molecular weight is 632 g/mol. The Labute approximate surface area is 253 Å². The van der Waals surface area contributed by atoms with E-state index in [9.17, 15) is 18.0 Å². The molecule has 43 heavy (non-hydrogen) atoms. The number of carbonyl (C=O) groups excluding carboxylic acids is 1. The number of piperidine rings is 1. The van der Waals surface area contributed by atoms with Crippen molar-refractivity contribution < 1.29 is 36.7 Å². The van der Waals surface area contributed by atoms with Crippen LogP contribution in [0, 0.1) is 0 Å². The number of fused-ring (bicyclic) bond motifs is 2. The second-order valence-corrected chi connectivity index (χ2v) is 12.8. The molecule has 226 valence electrons. The Hall–Kier alpha value is -3.42. The first-order chi connectivity index (χ1) is 20.8. The van der Waals surface area contributed by atoms with Crippen molar-refractivity contribution >= 4 is 33.8 Å². The van der Waals surface area contributed by atoms with Crippen LogP contribution in [0.5, 0.6) is 5.75 Å². The summed E-state index contributed by atoms with van der Waals surface area (Å²) in [6.07, 6.45) is 0.805. The van der Waals surface area contributed by atoms with Crippen LogP contribution >= 0.6 is 22.7 Å². The molecule has 4 aromatic rings. The number of alkyl halides is 3. The van der Waals surface area contributed by atoms with Crippen LogP contribution in [-0.2, 0) is 16.1 Å². The number of carbonyl (C=O) groups is 1. The normalized spacial score (nSPS) is 21.8. The number of ether oxygens (including phenoxy) is 3. The molecule has 2 saturated heterocycles. The summed E-state index contributed by atoms with van der Waals surface area (Å²) < 4.78 is 60.7. The lowest BCUT2D eigenvalue weighted by Crippen LogP contribution is -2.45. The summed E-state index contributed by atoms with van der Waals surface area (Å²) in [7, 11) is 1.37. The highest BCUT2D eigenvalue weighted by Crippen LogP contribution is 2.47. The molecule has 2 bridgehead atoms. The zero-order valence-corrected chi connectivity index (χ0v) is 24.8. The minimum atomic E-state index is -4.82. The highest BCUT2D eigenvalue weighted by Gasteiger charge is 2.43. The fourth-order valence-electron chi connectivity index (χ4n) is 6.18. The van der Waals surface area contributed by atoms with Gasteiger partial charge in [0.05, 0.1) is 36.0 Å². The molecule has 1 aromatic carbocycles. The van der Waals surface area contributed by atoms with Gasteiger partial charge in [0, 0.05) is 39.9 Å². The van der Waals surface area contributed by atoms with E-state index >= 15 is 0 Å². The largest absolute Gasteiger partial charge is 0.573 e. The molecule has 5 heterocycles. The van der Waals surface area contributed by atoms with E-state index < -0.39 is 6.36 Å². The van der Waals surface area contributed by atoms with Crippen molar-refractivity contribution in [1.82, 2.24) is 10.1 Å². The van der Waals surface area contributed by atoms with Crippen molar-refractivity contribution in [2.24, 2.45) is 0 Å². The second kappa shape index (κ2) is 11.3. The molecule has 1 saturated carbocycles. The highest BCUT2D eigenvalue weighted by molar-refractivity contribution is 7.16. The molecule has 7 rings (SSSR count). The average Bonchev–Trinajstić information content (AvgIpc) is 3.31. The predicted octanol–water partition coefficient (Wildman–Crippen LogP) is 7.81. The number of aromatic nitrogens is 2. The third kappa shape index (κ3) is 5.77. The molecular formula is C30H28F3N3O5S2. The van der Waals surface area contributed by atoms with E-state index in [1.807, 2.05) is 11.4 Å². The molecule has 8 nitrogen and oxygen atoms in total. The molecule has 3 aromatic heterocycles. The van der Waals surface area contributed by atoms with Gasteiger partial charge in [-0.2, -0.15) is 0 Å². The topological polar surface area (TPSA) is 86.9 Å². The number of thiazole rings is 1. The Morgan fingerprint density at radius 1 is 1.09 bits per heavy atom. The van der Waals surface area contributed by atoms with Gasteiger partial charge in [-0.3, -0.25) is 0 Å². The van der Waals surface area contributed by atoms with E-state index in [1.54, 1.807) is 28.8 Å². The van der Waals surface area contributed by atoms with Crippen molar-refractivity contribution in [2.45, 2.75) is 75.6 Å². The fourth-order valence-corrected chi connectivity index (χ4v) is 8.06. The van der Waals surface area contributed by atoms with Crippen molar-refractivity contribution in [2.75, 3.05) is 12.0 Å². The summed E-state index contributed by atoms with van der Waals surface area (Å²) in [6, 6.07) is 8.37. The van der Waals surface area contributed by atoms with Crippen LogP contribution in [-0.4, -0.2) is 47.8 Å². The quantitative estimate of drug-likeness (QED) is 0.173. The summed E-state index contributed by atoms with van der Waals surface area (Å²) in [6.45, 7) is 0.206. The molecule has 13 heteroatoms. The van der Waals surface area contributed by atoms with Crippen LogP contribution in [0.25, 0.3) is 21.8 Å². The van der Waals surface area contributed by atoms with Crippen LogP contribution in [0.1, 0.15) is 66.1 Å². The van der Waals surface area contributed by atoms with Gasteiger partial charge < -0.3 is 23.6 Å². The van der Waals surface area contributed by atoms with E-state index in [0.29, 0.717) is 22.6 Å². The maximum absolute atomic E-state index is 13.1. The third-order valence-corrected chi connectivity index (χ3v) is 10.1. The number of hydrogen-bond donors (Lipinski definition) is 0. The van der Waals surface area contributed by atoms with E-state index in [4.69, 9.17) is 19.0 Å². The number of anilines is 1. The van der Waals surface area contributed by atoms with Crippen molar-refractivity contribution in [3.8, 4) is 27.6 Å². The van der Waals surface area contributed by atoms with Gasteiger partial charge in [-0.15, -0.1) is 35.8 Å². The van der Waals surface area contributed by atoms with Crippen LogP contribution < -0.4 is 9.64 Å². The first-order valence-corrected chi connectivity index (χ1v) is 15.9. The summed E-state index contributed by atoms with van der Waals surface area (Å²) in [5.74, 6) is 0.223. The molecule has 0 amide bonds. The Bertz CT molecular complexity index is 1610. The Morgan fingerprint density at radius 2 is 1.86 bits per heavy atom. The lowest BCUT2D eigenvalue weighted by molar-refractivity contribution is -0.274. The van der Waals surface area contributed by atoms with Crippen molar-refractivity contribution in [1.29, 1.82) is 0 Å². The monoisotopic (exact) mass is 631 g/mol. The molecule has 0 radical (unpaired) electrons. The number of benzene rings is 1. The number of thiophene rings is 1. The first-order valence-electron chi connectivity index (χ1n) is 14.1. The van der Waals surface area contributed by atoms with Gasteiger partial charge in [0.15, 0.2) is 5.13 Å². The number of halogens is 3. The zero-order valence-electron chi connectivity index (χ0n) is 23.1. The Morgan fingerprint density at radius 3 is 2.58 bits per heavy atom. The molecule has 0 N–H and O–H groups in total. The van der Waals surface area contributed by atoms with Gasteiger partial charge in [-0.1, -0.05) is 17.3 Å². The van der Waals surface area contributed by atoms with Gasteiger partial charge in [0.1, 0.15) is 17.2 Å². The van der Waals surface area contributed by atoms with Gasteiger partial charge in [-0.25, -0.2) is 9.78 Å². The van der Waals surface area contributed by atoms with Gasteiger partial charge >= 0.3 is 12.3 Å². The smallest absolute Gasteiger partial charge is 0.465 e. The standard InChI is InChI=1S/C30H28F3N3O5S2/c1-38-28(37)17-10-25(42-14-17)23-15-43-29(34-23)36-18-8-9-19(36)12-20(11-18)39-13-22-26(35-41-27(22)16-6-7-16)21-4-2-3-5-24(21)40-30(31,32)33/h2-5,10,14-16,18-20H,6-9,11-13H2,1H3/t18-,19+,20?. The maximum atomic E-state index is 13.1. The van der Waals surface area contributed by atoms with Crippen LogP contribution in [0.2, 0.25) is 0 Å². The Kier molecular flexibility index (Phi) is 7.42. The van der Waals surface area contributed by atoms with Crippen LogP contribution in [0.3, 0.4) is 0 Å². The summed E-state index contributed by atoms with van der Waals surface area (Å²) >= 11 is 3.07. The molecule has 3 aliphatic rings. The van der Waals surface area contributed by atoms with Crippen molar-refractivity contribution in [3.63, 3.8) is 0 Å². The SMILES string of the molecule is COC(=O)c1csc(-c2csc(N3[C@@H]4CC[C@H]3CC(OCc3c(-c5ccccc5OC(F)(F)F)noc3C3CC3)C4)n2)c1. The number of methoxy groups -OCH3 is 1. The minimum Gasteiger partial charge on any atom is -0.465 e. The van der Waals surface area contributed by atoms with E-state index in [-0.39, 0.29) is 48.0 Å². The van der Waals surface area contributed by atoms with E-state index in [2.05, 4.69) is 14.8 Å². The lowest BCUT2D eigenvalue weighted by Gasteiger charge is -2.38. The molecule has 1 aliphatic carbocycles. The summed E-state index contributed by atoms with van der Waals surface area (Å²) in [5, 5.41) is 8.97. The van der Waals surface area contributed by atoms with E-state index in [0.717, 1.165) is 54.2 Å². The minimum absolute atomic E-state index is 0.00966. The maximum Gasteiger partial charge on any atom is 0.573 e.